The topological polar surface area (TPSA) is 66.5 Å². The number of aromatic nitrogens is 4. The van der Waals surface area contributed by atoms with Gasteiger partial charge >= 0.3 is 0 Å². The number of nitrogens with zero attached hydrogens (tertiary/aromatic N) is 3. The molecule has 5 nitrogen and oxygen atoms in total. The lowest BCUT2D eigenvalue weighted by Gasteiger charge is -2.26. The maximum absolute atomic E-state index is 4.38. The normalized spacial score (nSPS) is 11.7. The minimum atomic E-state index is -0.000293. The quantitative estimate of drug-likeness (QED) is 0.542. The summed E-state index contributed by atoms with van der Waals surface area (Å²) in [5.41, 5.74) is 6.38. The molecule has 4 rings (SSSR count). The highest BCUT2D eigenvalue weighted by Gasteiger charge is 2.20. The van der Waals surface area contributed by atoms with E-state index >= 15 is 0 Å². The van der Waals surface area contributed by atoms with Crippen LogP contribution in [0.5, 0.6) is 0 Å². The zero-order valence-corrected chi connectivity index (χ0v) is 15.8. The van der Waals surface area contributed by atoms with E-state index in [2.05, 4.69) is 70.5 Å². The molecule has 0 unspecified atom stereocenters. The van der Waals surface area contributed by atoms with Gasteiger partial charge in [0.15, 0.2) is 0 Å². The van der Waals surface area contributed by atoms with Crippen LogP contribution in [0, 0.1) is 6.92 Å². The SMILES string of the molecule is Cc1ccc(C(C)(C)CNc2ccc(-c3ccc4nc[nH]c4c3)nn2)cc1. The van der Waals surface area contributed by atoms with E-state index < -0.39 is 0 Å². The second kappa shape index (κ2) is 6.83. The number of anilines is 1. The molecule has 0 atom stereocenters. The Morgan fingerprint density at radius 2 is 1.78 bits per heavy atom. The Balaban J connectivity index is 1.46. The fraction of sp³-hybridized carbons (Fsp3) is 0.227. The van der Waals surface area contributed by atoms with Crippen molar-refractivity contribution in [3.8, 4) is 11.3 Å². The lowest BCUT2D eigenvalue weighted by atomic mass is 9.84. The average Bonchev–Trinajstić information content (AvgIpc) is 3.15. The smallest absolute Gasteiger partial charge is 0.148 e. The van der Waals surface area contributed by atoms with Crippen molar-refractivity contribution in [3.05, 3.63) is 72.1 Å². The molecular formula is C22H23N5. The van der Waals surface area contributed by atoms with Crippen LogP contribution in [-0.4, -0.2) is 26.7 Å². The summed E-state index contributed by atoms with van der Waals surface area (Å²) >= 11 is 0. The Kier molecular flexibility index (Phi) is 4.36. The van der Waals surface area contributed by atoms with E-state index in [1.165, 1.54) is 11.1 Å². The lowest BCUT2D eigenvalue weighted by molar-refractivity contribution is 0.555. The number of aromatic amines is 1. The first-order valence-electron chi connectivity index (χ1n) is 9.09. The van der Waals surface area contributed by atoms with E-state index in [0.29, 0.717) is 0 Å². The maximum Gasteiger partial charge on any atom is 0.148 e. The summed E-state index contributed by atoms with van der Waals surface area (Å²) in [5, 5.41) is 12.1. The Morgan fingerprint density at radius 3 is 2.52 bits per heavy atom. The predicted octanol–water partition coefficient (Wildman–Crippen LogP) is 4.72. The van der Waals surface area contributed by atoms with Crippen molar-refractivity contribution in [3.63, 3.8) is 0 Å². The van der Waals surface area contributed by atoms with Crippen LogP contribution in [0.2, 0.25) is 0 Å². The van der Waals surface area contributed by atoms with Crippen molar-refractivity contribution < 1.29 is 0 Å². The van der Waals surface area contributed by atoms with Crippen molar-refractivity contribution >= 4 is 16.9 Å². The molecule has 0 spiro atoms. The molecule has 0 aliphatic carbocycles. The van der Waals surface area contributed by atoms with Gasteiger partial charge in [0.2, 0.25) is 0 Å². The van der Waals surface area contributed by atoms with Crippen LogP contribution < -0.4 is 5.32 Å². The molecule has 0 radical (unpaired) electrons. The van der Waals surface area contributed by atoms with Gasteiger partial charge < -0.3 is 10.3 Å². The van der Waals surface area contributed by atoms with Crippen LogP contribution in [0.3, 0.4) is 0 Å². The summed E-state index contributed by atoms with van der Waals surface area (Å²) in [4.78, 5) is 7.37. The number of hydrogen-bond donors (Lipinski definition) is 2. The Morgan fingerprint density at radius 1 is 0.963 bits per heavy atom. The summed E-state index contributed by atoms with van der Waals surface area (Å²) in [7, 11) is 0. The molecule has 0 saturated heterocycles. The highest BCUT2D eigenvalue weighted by atomic mass is 15.2. The molecule has 4 aromatic rings. The second-order valence-corrected chi connectivity index (χ2v) is 7.54. The van der Waals surface area contributed by atoms with E-state index in [9.17, 15) is 0 Å². The van der Waals surface area contributed by atoms with E-state index in [1.807, 2.05) is 30.3 Å². The Labute approximate surface area is 158 Å². The van der Waals surface area contributed by atoms with Crippen LogP contribution in [-0.2, 0) is 5.41 Å². The van der Waals surface area contributed by atoms with Gasteiger partial charge in [-0.15, -0.1) is 10.2 Å². The highest BCUT2D eigenvalue weighted by molar-refractivity contribution is 5.80. The van der Waals surface area contributed by atoms with E-state index in [4.69, 9.17) is 0 Å². The number of rotatable bonds is 5. The van der Waals surface area contributed by atoms with Gasteiger partial charge in [0.25, 0.3) is 0 Å². The van der Waals surface area contributed by atoms with Crippen molar-refractivity contribution in [2.45, 2.75) is 26.2 Å². The number of H-pyrrole nitrogens is 1. The number of fused-ring (bicyclic) bond motifs is 1. The van der Waals surface area contributed by atoms with Gasteiger partial charge in [0.1, 0.15) is 5.82 Å². The largest absolute Gasteiger partial charge is 0.368 e. The number of aryl methyl sites for hydroxylation is 1. The molecule has 2 aromatic carbocycles. The fourth-order valence-electron chi connectivity index (χ4n) is 3.09. The average molecular weight is 357 g/mol. The molecule has 5 heteroatoms. The maximum atomic E-state index is 4.38. The molecule has 2 heterocycles. The number of benzene rings is 2. The summed E-state index contributed by atoms with van der Waals surface area (Å²) in [6.07, 6.45) is 1.70. The first kappa shape index (κ1) is 17.2. The lowest BCUT2D eigenvalue weighted by Crippen LogP contribution is -2.28. The molecule has 0 aliphatic rings. The number of imidazole rings is 1. The van der Waals surface area contributed by atoms with Gasteiger partial charge in [-0.3, -0.25) is 0 Å². The summed E-state index contributed by atoms with van der Waals surface area (Å²) in [6, 6.07) is 18.7. The third-order valence-electron chi connectivity index (χ3n) is 4.93. The van der Waals surface area contributed by atoms with E-state index in [0.717, 1.165) is 34.7 Å². The predicted molar refractivity (Wildman–Crippen MR) is 110 cm³/mol. The number of nitrogens with one attached hydrogen (secondary N) is 2. The van der Waals surface area contributed by atoms with Gasteiger partial charge in [-0.25, -0.2) is 4.98 Å². The third kappa shape index (κ3) is 3.67. The minimum absolute atomic E-state index is 0.000293. The first-order chi connectivity index (χ1) is 13.0. The Bertz CT molecular complexity index is 1050. The van der Waals surface area contributed by atoms with Gasteiger partial charge in [0, 0.05) is 17.5 Å². The summed E-state index contributed by atoms with van der Waals surface area (Å²) < 4.78 is 0. The molecular weight excluding hydrogens is 334 g/mol. The molecule has 2 aromatic heterocycles. The summed E-state index contributed by atoms with van der Waals surface area (Å²) in [6.45, 7) is 7.35. The van der Waals surface area contributed by atoms with Gasteiger partial charge in [0.05, 0.1) is 23.1 Å². The molecule has 0 saturated carbocycles. The third-order valence-corrected chi connectivity index (χ3v) is 4.93. The summed E-state index contributed by atoms with van der Waals surface area (Å²) in [5.74, 6) is 0.779. The molecule has 0 aliphatic heterocycles. The molecule has 27 heavy (non-hydrogen) atoms. The minimum Gasteiger partial charge on any atom is -0.368 e. The highest BCUT2D eigenvalue weighted by Crippen LogP contribution is 2.25. The van der Waals surface area contributed by atoms with Gasteiger partial charge in [-0.05, 0) is 36.8 Å². The first-order valence-corrected chi connectivity index (χ1v) is 9.09. The number of hydrogen-bond acceptors (Lipinski definition) is 4. The molecule has 2 N–H and O–H groups in total. The van der Waals surface area contributed by atoms with Crippen molar-refractivity contribution in [1.82, 2.24) is 20.2 Å². The van der Waals surface area contributed by atoms with Crippen LogP contribution in [0.1, 0.15) is 25.0 Å². The van der Waals surface area contributed by atoms with E-state index in [-0.39, 0.29) is 5.41 Å². The van der Waals surface area contributed by atoms with Gasteiger partial charge in [-0.2, -0.15) is 0 Å². The zero-order valence-electron chi connectivity index (χ0n) is 15.8. The standard InChI is InChI=1S/C22H23N5/c1-15-4-7-17(8-5-15)22(2,3)13-23-21-11-10-18(26-27-21)16-6-9-19-20(12-16)25-14-24-19/h4-12,14H,13H2,1-3H3,(H,23,27)(H,24,25). The van der Waals surface area contributed by atoms with Crippen LogP contribution in [0.15, 0.2) is 60.9 Å². The van der Waals surface area contributed by atoms with Crippen molar-refractivity contribution in [2.24, 2.45) is 0 Å². The van der Waals surface area contributed by atoms with Crippen LogP contribution in [0.25, 0.3) is 22.3 Å². The molecule has 0 fully saturated rings. The second-order valence-electron chi connectivity index (χ2n) is 7.54. The van der Waals surface area contributed by atoms with Crippen molar-refractivity contribution in [2.75, 3.05) is 11.9 Å². The van der Waals surface area contributed by atoms with Gasteiger partial charge in [-0.1, -0.05) is 49.7 Å². The molecule has 136 valence electrons. The van der Waals surface area contributed by atoms with Crippen molar-refractivity contribution in [1.29, 1.82) is 0 Å². The van der Waals surface area contributed by atoms with Crippen LogP contribution >= 0.6 is 0 Å². The zero-order chi connectivity index (χ0) is 18.9. The van der Waals surface area contributed by atoms with E-state index in [1.54, 1.807) is 6.33 Å². The molecule has 0 bridgehead atoms. The monoisotopic (exact) mass is 357 g/mol. The Hall–Kier alpha value is -3.21. The van der Waals surface area contributed by atoms with Crippen LogP contribution in [0.4, 0.5) is 5.82 Å². The molecule has 0 amide bonds. The fourth-order valence-corrected chi connectivity index (χ4v) is 3.09.